The van der Waals surface area contributed by atoms with E-state index < -0.39 is 5.97 Å². The molecule has 0 aliphatic carbocycles. The van der Waals surface area contributed by atoms with Gasteiger partial charge in [-0.25, -0.2) is 0 Å². The van der Waals surface area contributed by atoms with Crippen molar-refractivity contribution in [2.45, 2.75) is 73.1 Å². The first-order valence-electron chi connectivity index (χ1n) is 7.00. The van der Waals surface area contributed by atoms with Crippen LogP contribution in [0.1, 0.15) is 73.1 Å². The van der Waals surface area contributed by atoms with E-state index in [9.17, 15) is 9.90 Å². The van der Waals surface area contributed by atoms with Gasteiger partial charge in [0.25, 0.3) is 0 Å². The van der Waals surface area contributed by atoms with E-state index in [2.05, 4.69) is 34.6 Å². The average Bonchev–Trinajstić information content (AvgIpc) is 2.14. The van der Waals surface area contributed by atoms with Crippen LogP contribution in [0.4, 0.5) is 0 Å². The zero-order chi connectivity index (χ0) is 13.5. The first-order valence-corrected chi connectivity index (χ1v) is 7.00. The molecule has 2 heteroatoms. The Morgan fingerprint density at radius 1 is 1.18 bits per heavy atom. The van der Waals surface area contributed by atoms with Crippen LogP contribution in [0.3, 0.4) is 0 Å². The number of aliphatic carboxylic acids is 1. The number of carboxylic acid groups (broad SMARTS) is 1. The van der Waals surface area contributed by atoms with Gasteiger partial charge in [0.1, 0.15) is 0 Å². The highest BCUT2D eigenvalue weighted by Gasteiger charge is 2.27. The van der Waals surface area contributed by atoms with Gasteiger partial charge in [-0.05, 0) is 24.2 Å². The fourth-order valence-electron chi connectivity index (χ4n) is 2.55. The predicted octanol–water partition coefficient (Wildman–Crippen LogP) is 4.73. The van der Waals surface area contributed by atoms with E-state index in [1.165, 1.54) is 19.3 Å². The largest absolute Gasteiger partial charge is 0.481 e. The number of hydrogen-bond acceptors (Lipinski definition) is 1. The van der Waals surface area contributed by atoms with Crippen LogP contribution < -0.4 is 0 Å². The molecule has 0 heterocycles. The Balaban J connectivity index is 4.18. The van der Waals surface area contributed by atoms with Crippen molar-refractivity contribution in [3.63, 3.8) is 0 Å². The molecule has 0 aromatic heterocycles. The minimum atomic E-state index is -0.613. The quantitative estimate of drug-likeness (QED) is 0.625. The molecule has 0 radical (unpaired) electrons. The third kappa shape index (κ3) is 8.23. The summed E-state index contributed by atoms with van der Waals surface area (Å²) in [6.45, 7) is 10.8. The Morgan fingerprint density at radius 2 is 1.76 bits per heavy atom. The molecule has 0 bridgehead atoms. The second-order valence-corrected chi connectivity index (χ2v) is 6.54. The summed E-state index contributed by atoms with van der Waals surface area (Å²) in [6.07, 6.45) is 6.47. The lowest BCUT2D eigenvalue weighted by molar-refractivity contribution is -0.144. The third-order valence-electron chi connectivity index (χ3n) is 3.31. The van der Waals surface area contributed by atoms with E-state index in [0.717, 1.165) is 19.3 Å². The van der Waals surface area contributed by atoms with E-state index in [0.29, 0.717) is 0 Å². The smallest absolute Gasteiger partial charge is 0.306 e. The fourth-order valence-corrected chi connectivity index (χ4v) is 2.55. The van der Waals surface area contributed by atoms with Crippen LogP contribution in [-0.2, 0) is 4.79 Å². The van der Waals surface area contributed by atoms with Crippen molar-refractivity contribution in [3.05, 3.63) is 0 Å². The Kier molecular flexibility index (Phi) is 7.49. The Hall–Kier alpha value is -0.530. The summed E-state index contributed by atoms with van der Waals surface area (Å²) >= 11 is 0. The fraction of sp³-hybridized carbons (Fsp3) is 0.933. The molecule has 102 valence electrons. The number of carbonyl (C=O) groups is 1. The van der Waals surface area contributed by atoms with Crippen molar-refractivity contribution in [1.29, 1.82) is 0 Å². The van der Waals surface area contributed by atoms with Crippen molar-refractivity contribution >= 4 is 5.97 Å². The van der Waals surface area contributed by atoms with Crippen molar-refractivity contribution in [2.24, 2.45) is 17.3 Å². The van der Waals surface area contributed by atoms with Gasteiger partial charge >= 0.3 is 5.97 Å². The molecule has 0 aromatic carbocycles. The van der Waals surface area contributed by atoms with Crippen LogP contribution in [0.25, 0.3) is 0 Å². The Bertz CT molecular complexity index is 215. The van der Waals surface area contributed by atoms with Crippen LogP contribution in [0, 0.1) is 17.3 Å². The second kappa shape index (κ2) is 7.73. The van der Waals surface area contributed by atoms with E-state index in [-0.39, 0.29) is 17.3 Å². The van der Waals surface area contributed by atoms with Gasteiger partial charge in [0, 0.05) is 0 Å². The summed E-state index contributed by atoms with van der Waals surface area (Å²) in [6, 6.07) is 0. The molecule has 0 saturated carbocycles. The topological polar surface area (TPSA) is 37.3 Å². The first-order chi connectivity index (χ1) is 7.78. The minimum absolute atomic E-state index is 0.161. The summed E-state index contributed by atoms with van der Waals surface area (Å²) in [5.41, 5.74) is 0.219. The van der Waals surface area contributed by atoms with Crippen molar-refractivity contribution < 1.29 is 9.90 Å². The maximum absolute atomic E-state index is 11.3. The molecule has 0 aliphatic heterocycles. The maximum Gasteiger partial charge on any atom is 0.306 e. The zero-order valence-electron chi connectivity index (χ0n) is 12.3. The minimum Gasteiger partial charge on any atom is -0.481 e. The highest BCUT2D eigenvalue weighted by molar-refractivity contribution is 5.70. The lowest BCUT2D eigenvalue weighted by Crippen LogP contribution is -2.25. The van der Waals surface area contributed by atoms with Gasteiger partial charge in [0.05, 0.1) is 5.92 Å². The van der Waals surface area contributed by atoms with Crippen molar-refractivity contribution in [1.82, 2.24) is 0 Å². The molecule has 17 heavy (non-hydrogen) atoms. The Morgan fingerprint density at radius 3 is 2.18 bits per heavy atom. The van der Waals surface area contributed by atoms with E-state index in [1.807, 2.05) is 0 Å². The van der Waals surface area contributed by atoms with Crippen molar-refractivity contribution in [2.75, 3.05) is 0 Å². The summed E-state index contributed by atoms with van der Waals surface area (Å²) in [5, 5.41) is 9.30. The molecular formula is C15H30O2. The van der Waals surface area contributed by atoms with Crippen LogP contribution in [0.2, 0.25) is 0 Å². The van der Waals surface area contributed by atoms with Gasteiger partial charge < -0.3 is 5.11 Å². The predicted molar refractivity (Wildman–Crippen MR) is 73.1 cm³/mol. The van der Waals surface area contributed by atoms with Crippen LogP contribution in [-0.4, -0.2) is 11.1 Å². The van der Waals surface area contributed by atoms with E-state index in [4.69, 9.17) is 0 Å². The van der Waals surface area contributed by atoms with Crippen LogP contribution in [0.5, 0.6) is 0 Å². The van der Waals surface area contributed by atoms with Gasteiger partial charge in [0.15, 0.2) is 0 Å². The van der Waals surface area contributed by atoms with Gasteiger partial charge in [-0.2, -0.15) is 0 Å². The second-order valence-electron chi connectivity index (χ2n) is 6.54. The zero-order valence-corrected chi connectivity index (χ0v) is 12.3. The molecule has 0 fully saturated rings. The molecule has 0 aromatic rings. The van der Waals surface area contributed by atoms with E-state index in [1.54, 1.807) is 0 Å². The summed E-state index contributed by atoms with van der Waals surface area (Å²) in [5.74, 6) is -0.501. The molecule has 0 saturated heterocycles. The van der Waals surface area contributed by atoms with Crippen molar-refractivity contribution in [3.8, 4) is 0 Å². The normalized spacial score (nSPS) is 15.6. The summed E-state index contributed by atoms with van der Waals surface area (Å²) in [4.78, 5) is 11.3. The highest BCUT2D eigenvalue weighted by atomic mass is 16.4. The summed E-state index contributed by atoms with van der Waals surface area (Å²) < 4.78 is 0. The molecule has 0 rings (SSSR count). The average molecular weight is 242 g/mol. The van der Waals surface area contributed by atoms with Crippen LogP contribution >= 0.6 is 0 Å². The molecule has 0 amide bonds. The molecule has 0 spiro atoms. The first kappa shape index (κ1) is 16.5. The molecule has 0 aliphatic rings. The standard InChI is InChI=1S/C15H30O2/c1-6-7-8-9-10-13(14(16)17)12(2)11-15(3,4)5/h12-13H,6-11H2,1-5H3,(H,16,17). The molecule has 1 N–H and O–H groups in total. The molecular weight excluding hydrogens is 212 g/mol. The summed E-state index contributed by atoms with van der Waals surface area (Å²) in [7, 11) is 0. The van der Waals surface area contributed by atoms with E-state index >= 15 is 0 Å². The van der Waals surface area contributed by atoms with Gasteiger partial charge in [-0.3, -0.25) is 4.79 Å². The molecule has 2 unspecified atom stereocenters. The number of unbranched alkanes of at least 4 members (excludes halogenated alkanes) is 3. The molecule has 2 nitrogen and oxygen atoms in total. The van der Waals surface area contributed by atoms with Gasteiger partial charge in [-0.1, -0.05) is 60.3 Å². The number of carboxylic acids is 1. The number of rotatable bonds is 8. The SMILES string of the molecule is CCCCCCC(C(=O)O)C(C)CC(C)(C)C. The monoisotopic (exact) mass is 242 g/mol. The highest BCUT2D eigenvalue weighted by Crippen LogP contribution is 2.31. The molecule has 2 atom stereocenters. The number of hydrogen-bond donors (Lipinski definition) is 1. The van der Waals surface area contributed by atoms with Gasteiger partial charge in [-0.15, -0.1) is 0 Å². The Labute approximate surface area is 107 Å². The third-order valence-corrected chi connectivity index (χ3v) is 3.31. The maximum atomic E-state index is 11.3. The van der Waals surface area contributed by atoms with Crippen LogP contribution in [0.15, 0.2) is 0 Å². The lowest BCUT2D eigenvalue weighted by atomic mass is 9.78. The van der Waals surface area contributed by atoms with Gasteiger partial charge in [0.2, 0.25) is 0 Å². The lowest BCUT2D eigenvalue weighted by Gasteiger charge is -2.27.